The number of nitrogens with zero attached hydrogens (tertiary/aromatic N) is 2. The summed E-state index contributed by atoms with van der Waals surface area (Å²) in [4.78, 5) is 2.32. The summed E-state index contributed by atoms with van der Waals surface area (Å²) >= 11 is 6.00. The third-order valence-corrected chi connectivity index (χ3v) is 4.19. The maximum Gasteiger partial charge on any atom is 0.123 e. The number of hydrogen-bond donors (Lipinski definition) is 0. The molecular formula is C19H20ClFN2. The standard InChI is InChI=1S/C12H13ClN2.C7H7F/c1-9-4-5-15(8-9)11-3-2-10(7-14)12(13)6-11;1-6-2-4-7(8)5-3-6/h2-3,6,9H,4-5,8H2,1H3;2-5H,1H3/t9-;/m1./s1. The molecule has 1 aliphatic rings. The smallest absolute Gasteiger partial charge is 0.123 e. The quantitative estimate of drug-likeness (QED) is 0.719. The lowest BCUT2D eigenvalue weighted by atomic mass is 10.2. The number of halogens is 2. The van der Waals surface area contributed by atoms with Crippen LogP contribution >= 0.6 is 11.6 Å². The number of hydrogen-bond acceptors (Lipinski definition) is 2. The number of benzene rings is 2. The average molecular weight is 331 g/mol. The molecule has 1 heterocycles. The molecular weight excluding hydrogens is 311 g/mol. The van der Waals surface area contributed by atoms with Gasteiger partial charge in [0.15, 0.2) is 0 Å². The lowest BCUT2D eigenvalue weighted by molar-refractivity contribution is 0.627. The second-order valence-corrected chi connectivity index (χ2v) is 6.32. The summed E-state index contributed by atoms with van der Waals surface area (Å²) in [5.74, 6) is 0.579. The van der Waals surface area contributed by atoms with Crippen molar-refractivity contribution in [3.05, 3.63) is 64.4 Å². The number of nitriles is 1. The van der Waals surface area contributed by atoms with Gasteiger partial charge in [0.2, 0.25) is 0 Å². The normalized spacial score (nSPS) is 16.5. The maximum atomic E-state index is 12.1. The van der Waals surface area contributed by atoms with Crippen LogP contribution in [0, 0.1) is 30.0 Å². The van der Waals surface area contributed by atoms with Gasteiger partial charge in [-0.15, -0.1) is 0 Å². The monoisotopic (exact) mass is 330 g/mol. The fraction of sp³-hybridized carbons (Fsp3) is 0.316. The second-order valence-electron chi connectivity index (χ2n) is 5.91. The highest BCUT2D eigenvalue weighted by Crippen LogP contribution is 2.27. The SMILES string of the molecule is C[C@@H]1CCN(c2ccc(C#N)c(Cl)c2)C1.Cc1ccc(F)cc1. The summed E-state index contributed by atoms with van der Waals surface area (Å²) in [5, 5.41) is 9.32. The van der Waals surface area contributed by atoms with E-state index in [0.717, 1.165) is 30.3 Å². The first-order chi connectivity index (χ1) is 11.0. The molecule has 1 atom stereocenters. The minimum Gasteiger partial charge on any atom is -0.371 e. The van der Waals surface area contributed by atoms with Crippen molar-refractivity contribution in [2.75, 3.05) is 18.0 Å². The van der Waals surface area contributed by atoms with Crippen LogP contribution in [0.5, 0.6) is 0 Å². The van der Waals surface area contributed by atoms with E-state index in [1.54, 1.807) is 18.2 Å². The Hall–Kier alpha value is -2.05. The summed E-state index contributed by atoms with van der Waals surface area (Å²) in [6, 6.07) is 14.1. The van der Waals surface area contributed by atoms with E-state index in [0.29, 0.717) is 10.6 Å². The van der Waals surface area contributed by atoms with Gasteiger partial charge in [0.1, 0.15) is 11.9 Å². The summed E-state index contributed by atoms with van der Waals surface area (Å²) in [6.45, 7) is 6.36. The average Bonchev–Trinajstić information content (AvgIpc) is 2.97. The summed E-state index contributed by atoms with van der Waals surface area (Å²) < 4.78 is 12.1. The van der Waals surface area contributed by atoms with Gasteiger partial charge in [0.05, 0.1) is 10.6 Å². The molecule has 1 fully saturated rings. The largest absolute Gasteiger partial charge is 0.371 e. The van der Waals surface area contributed by atoms with Crippen molar-refractivity contribution in [1.82, 2.24) is 0 Å². The zero-order valence-corrected chi connectivity index (χ0v) is 14.1. The van der Waals surface area contributed by atoms with Gasteiger partial charge in [-0.05, 0) is 49.6 Å². The Morgan fingerprint density at radius 2 is 1.91 bits per heavy atom. The van der Waals surface area contributed by atoms with E-state index < -0.39 is 0 Å². The van der Waals surface area contributed by atoms with Crippen molar-refractivity contribution < 1.29 is 4.39 Å². The highest BCUT2D eigenvalue weighted by atomic mass is 35.5. The van der Waals surface area contributed by atoms with E-state index in [2.05, 4.69) is 17.9 Å². The fourth-order valence-corrected chi connectivity index (χ4v) is 2.71. The summed E-state index contributed by atoms with van der Waals surface area (Å²) in [7, 11) is 0. The molecule has 0 unspecified atom stereocenters. The van der Waals surface area contributed by atoms with E-state index in [-0.39, 0.29) is 5.82 Å². The van der Waals surface area contributed by atoms with E-state index >= 15 is 0 Å². The summed E-state index contributed by atoms with van der Waals surface area (Å²) in [5.41, 5.74) is 2.77. The lowest BCUT2D eigenvalue weighted by Gasteiger charge is -2.18. The van der Waals surface area contributed by atoms with Crippen LogP contribution in [0.2, 0.25) is 5.02 Å². The van der Waals surface area contributed by atoms with E-state index in [1.807, 2.05) is 19.1 Å². The molecule has 120 valence electrons. The molecule has 0 radical (unpaired) electrons. The van der Waals surface area contributed by atoms with E-state index in [9.17, 15) is 4.39 Å². The van der Waals surface area contributed by atoms with E-state index in [1.165, 1.54) is 18.6 Å². The molecule has 3 rings (SSSR count). The molecule has 0 bridgehead atoms. The minimum absolute atomic E-state index is 0.171. The van der Waals surface area contributed by atoms with Crippen LogP contribution in [0.1, 0.15) is 24.5 Å². The molecule has 0 aliphatic carbocycles. The van der Waals surface area contributed by atoms with Gasteiger partial charge < -0.3 is 4.90 Å². The van der Waals surface area contributed by atoms with Crippen molar-refractivity contribution in [3.63, 3.8) is 0 Å². The van der Waals surface area contributed by atoms with Gasteiger partial charge in [0.25, 0.3) is 0 Å². The fourth-order valence-electron chi connectivity index (χ4n) is 2.49. The predicted octanol–water partition coefficient (Wildman–Crippen LogP) is 5.19. The van der Waals surface area contributed by atoms with Gasteiger partial charge in [-0.2, -0.15) is 5.26 Å². The number of aryl methyl sites for hydroxylation is 1. The third-order valence-electron chi connectivity index (χ3n) is 3.87. The highest BCUT2D eigenvalue weighted by molar-refractivity contribution is 6.32. The number of anilines is 1. The van der Waals surface area contributed by atoms with Crippen LogP contribution in [0.3, 0.4) is 0 Å². The molecule has 2 nitrogen and oxygen atoms in total. The van der Waals surface area contributed by atoms with Crippen LogP contribution in [0.4, 0.5) is 10.1 Å². The van der Waals surface area contributed by atoms with Crippen molar-refractivity contribution in [2.24, 2.45) is 5.92 Å². The summed E-state index contributed by atoms with van der Waals surface area (Å²) in [6.07, 6.45) is 1.23. The zero-order valence-electron chi connectivity index (χ0n) is 13.4. The van der Waals surface area contributed by atoms with Crippen molar-refractivity contribution in [3.8, 4) is 6.07 Å². The molecule has 2 aromatic rings. The molecule has 0 spiro atoms. The topological polar surface area (TPSA) is 27.0 Å². The first-order valence-corrected chi connectivity index (χ1v) is 8.04. The van der Waals surface area contributed by atoms with Gasteiger partial charge in [-0.1, -0.05) is 36.2 Å². The van der Waals surface area contributed by atoms with E-state index in [4.69, 9.17) is 16.9 Å². The predicted molar refractivity (Wildman–Crippen MR) is 93.3 cm³/mol. The lowest BCUT2D eigenvalue weighted by Crippen LogP contribution is -2.18. The molecule has 0 aromatic heterocycles. The van der Waals surface area contributed by atoms with Crippen molar-refractivity contribution in [2.45, 2.75) is 20.3 Å². The second kappa shape index (κ2) is 7.99. The van der Waals surface area contributed by atoms with Gasteiger partial charge in [-0.25, -0.2) is 4.39 Å². The Morgan fingerprint density at radius 3 is 2.39 bits per heavy atom. The van der Waals surface area contributed by atoms with Crippen molar-refractivity contribution >= 4 is 17.3 Å². The molecule has 0 N–H and O–H groups in total. The zero-order chi connectivity index (χ0) is 16.8. The maximum absolute atomic E-state index is 12.1. The minimum atomic E-state index is -0.171. The third kappa shape index (κ3) is 4.97. The Kier molecular flexibility index (Phi) is 6.01. The van der Waals surface area contributed by atoms with Crippen LogP contribution in [0.15, 0.2) is 42.5 Å². The molecule has 23 heavy (non-hydrogen) atoms. The Balaban J connectivity index is 0.000000203. The number of rotatable bonds is 1. The molecule has 4 heteroatoms. The first kappa shape index (κ1) is 17.3. The molecule has 0 saturated carbocycles. The van der Waals surface area contributed by atoms with Crippen LogP contribution in [-0.4, -0.2) is 13.1 Å². The Bertz CT molecular complexity index is 671. The van der Waals surface area contributed by atoms with Crippen LogP contribution in [0.25, 0.3) is 0 Å². The van der Waals surface area contributed by atoms with Gasteiger partial charge in [-0.3, -0.25) is 0 Å². The van der Waals surface area contributed by atoms with Crippen LogP contribution < -0.4 is 4.90 Å². The Labute approximate surface area is 142 Å². The molecule has 2 aromatic carbocycles. The van der Waals surface area contributed by atoms with Gasteiger partial charge in [0, 0.05) is 18.8 Å². The van der Waals surface area contributed by atoms with Crippen molar-refractivity contribution in [1.29, 1.82) is 5.26 Å². The van der Waals surface area contributed by atoms with Crippen LogP contribution in [-0.2, 0) is 0 Å². The first-order valence-electron chi connectivity index (χ1n) is 7.66. The molecule has 1 saturated heterocycles. The molecule has 0 amide bonds. The van der Waals surface area contributed by atoms with Gasteiger partial charge >= 0.3 is 0 Å². The highest BCUT2D eigenvalue weighted by Gasteiger charge is 2.19. The molecule has 1 aliphatic heterocycles. The Morgan fingerprint density at radius 1 is 1.22 bits per heavy atom.